The van der Waals surface area contributed by atoms with Crippen molar-refractivity contribution in [3.8, 4) is 6.07 Å². The summed E-state index contributed by atoms with van der Waals surface area (Å²) in [5, 5.41) is 9.90. The van der Waals surface area contributed by atoms with E-state index in [0.29, 0.717) is 23.5 Å². The van der Waals surface area contributed by atoms with Gasteiger partial charge in [-0.2, -0.15) is 5.26 Å². The third-order valence-electron chi connectivity index (χ3n) is 2.50. The average Bonchev–Trinajstić information content (AvgIpc) is 2.74. The Morgan fingerprint density at radius 2 is 2.19 bits per heavy atom. The van der Waals surface area contributed by atoms with Crippen molar-refractivity contribution in [2.24, 2.45) is 5.73 Å². The van der Waals surface area contributed by atoms with E-state index in [2.05, 4.69) is 6.07 Å². The van der Waals surface area contributed by atoms with E-state index in [1.807, 2.05) is 37.3 Å². The molecule has 0 saturated heterocycles. The van der Waals surface area contributed by atoms with Crippen molar-refractivity contribution in [2.45, 2.75) is 13.3 Å². The summed E-state index contributed by atoms with van der Waals surface area (Å²) in [6.07, 6.45) is 0.610. The van der Waals surface area contributed by atoms with E-state index in [0.717, 1.165) is 11.0 Å². The van der Waals surface area contributed by atoms with Crippen molar-refractivity contribution in [2.75, 3.05) is 0 Å². The molecule has 16 heavy (non-hydrogen) atoms. The number of furan rings is 1. The van der Waals surface area contributed by atoms with Gasteiger partial charge in [-0.05, 0) is 18.6 Å². The number of allylic oxidation sites excluding steroid dienone is 1. The normalized spacial score (nSPS) is 12.2. The van der Waals surface area contributed by atoms with E-state index in [4.69, 9.17) is 15.4 Å². The minimum Gasteiger partial charge on any atom is -0.455 e. The first-order valence-corrected chi connectivity index (χ1v) is 5.14. The highest BCUT2D eigenvalue weighted by molar-refractivity contribution is 5.82. The van der Waals surface area contributed by atoms with Crippen LogP contribution < -0.4 is 5.73 Å². The topological polar surface area (TPSA) is 63.0 Å². The van der Waals surface area contributed by atoms with E-state index < -0.39 is 0 Å². The summed E-state index contributed by atoms with van der Waals surface area (Å²) in [6.45, 7) is 1.90. The van der Waals surface area contributed by atoms with E-state index >= 15 is 0 Å². The van der Waals surface area contributed by atoms with Gasteiger partial charge in [0.15, 0.2) is 5.76 Å². The van der Waals surface area contributed by atoms with Crippen molar-refractivity contribution >= 4 is 16.7 Å². The van der Waals surface area contributed by atoms with E-state index in [9.17, 15) is 0 Å². The van der Waals surface area contributed by atoms with Gasteiger partial charge in [0, 0.05) is 5.39 Å². The highest BCUT2D eigenvalue weighted by Gasteiger charge is 2.09. The molecule has 1 aromatic heterocycles. The quantitative estimate of drug-likeness (QED) is 0.778. The number of nitrogens with two attached hydrogens (primary N) is 1. The first kappa shape index (κ1) is 10.3. The second kappa shape index (κ2) is 4.11. The third-order valence-corrected chi connectivity index (χ3v) is 2.50. The van der Waals surface area contributed by atoms with Gasteiger partial charge in [-0.25, -0.2) is 0 Å². The van der Waals surface area contributed by atoms with Crippen LogP contribution >= 0.6 is 0 Å². The minimum atomic E-state index is 0.432. The number of benzene rings is 1. The Kier molecular flexibility index (Phi) is 2.65. The maximum Gasteiger partial charge on any atom is 0.152 e. The molecule has 1 heterocycles. The first-order chi connectivity index (χ1) is 7.76. The second-order valence-electron chi connectivity index (χ2n) is 3.51. The largest absolute Gasteiger partial charge is 0.455 e. The van der Waals surface area contributed by atoms with Crippen molar-refractivity contribution in [1.82, 2.24) is 0 Å². The zero-order valence-corrected chi connectivity index (χ0v) is 9.03. The lowest BCUT2D eigenvalue weighted by atomic mass is 10.1. The predicted octanol–water partition coefficient (Wildman–Crippen LogP) is 3.04. The first-order valence-electron chi connectivity index (χ1n) is 5.14. The van der Waals surface area contributed by atoms with Gasteiger partial charge in [-0.1, -0.05) is 25.1 Å². The molecule has 2 N–H and O–H groups in total. The number of hydrogen-bond donors (Lipinski definition) is 1. The van der Waals surface area contributed by atoms with Crippen LogP contribution in [0.1, 0.15) is 19.1 Å². The standard InChI is InChI=1S/C13H12N2O/c1-2-9(8-14)13(15)12-7-10-5-3-4-6-11(10)16-12/h3-7H,2,15H2,1H3/b13-9-. The third kappa shape index (κ3) is 1.66. The highest BCUT2D eigenvalue weighted by atomic mass is 16.3. The number of nitrogens with zero attached hydrogens (tertiary/aromatic N) is 1. The average molecular weight is 212 g/mol. The Morgan fingerprint density at radius 1 is 1.44 bits per heavy atom. The van der Waals surface area contributed by atoms with Gasteiger partial charge in [0.25, 0.3) is 0 Å². The van der Waals surface area contributed by atoms with Crippen LogP contribution in [0.4, 0.5) is 0 Å². The lowest BCUT2D eigenvalue weighted by Crippen LogP contribution is -1.98. The monoisotopic (exact) mass is 212 g/mol. The van der Waals surface area contributed by atoms with Crippen LogP contribution in [0.2, 0.25) is 0 Å². The van der Waals surface area contributed by atoms with Crippen LogP contribution in [0.15, 0.2) is 40.3 Å². The smallest absolute Gasteiger partial charge is 0.152 e. The van der Waals surface area contributed by atoms with Crippen molar-refractivity contribution in [3.05, 3.63) is 41.7 Å². The molecule has 0 spiro atoms. The molecule has 2 aromatic rings. The Bertz CT molecular complexity index is 554. The molecule has 2 rings (SSSR count). The van der Waals surface area contributed by atoms with E-state index in [1.165, 1.54) is 0 Å². The number of hydrogen-bond acceptors (Lipinski definition) is 3. The molecule has 80 valence electrons. The van der Waals surface area contributed by atoms with Crippen LogP contribution in [-0.4, -0.2) is 0 Å². The Hall–Kier alpha value is -2.21. The predicted molar refractivity (Wildman–Crippen MR) is 63.2 cm³/mol. The van der Waals surface area contributed by atoms with Gasteiger partial charge >= 0.3 is 0 Å². The van der Waals surface area contributed by atoms with Crippen molar-refractivity contribution < 1.29 is 4.42 Å². The molecule has 3 nitrogen and oxygen atoms in total. The fourth-order valence-corrected chi connectivity index (χ4v) is 1.59. The molecule has 1 aromatic carbocycles. The Morgan fingerprint density at radius 3 is 2.81 bits per heavy atom. The lowest BCUT2D eigenvalue weighted by molar-refractivity contribution is 0.597. The van der Waals surface area contributed by atoms with Crippen LogP contribution in [0, 0.1) is 11.3 Å². The summed E-state index contributed by atoms with van der Waals surface area (Å²) in [6, 6.07) is 11.6. The molecule has 3 heteroatoms. The molecule has 0 fully saturated rings. The summed E-state index contributed by atoms with van der Waals surface area (Å²) in [5.74, 6) is 0.569. The van der Waals surface area contributed by atoms with Crippen molar-refractivity contribution in [3.63, 3.8) is 0 Å². The van der Waals surface area contributed by atoms with E-state index in [1.54, 1.807) is 0 Å². The van der Waals surface area contributed by atoms with Gasteiger partial charge < -0.3 is 10.2 Å². The van der Waals surface area contributed by atoms with E-state index in [-0.39, 0.29) is 0 Å². The van der Waals surface area contributed by atoms with Crippen LogP contribution in [-0.2, 0) is 0 Å². The van der Waals surface area contributed by atoms with Crippen molar-refractivity contribution in [1.29, 1.82) is 5.26 Å². The fourth-order valence-electron chi connectivity index (χ4n) is 1.59. The molecule has 0 amide bonds. The SMILES string of the molecule is CC/C(C#N)=C(/N)c1cc2ccccc2o1. The summed E-state index contributed by atoms with van der Waals surface area (Å²) < 4.78 is 5.58. The molecule has 0 aliphatic carbocycles. The number of fused-ring (bicyclic) bond motifs is 1. The van der Waals surface area contributed by atoms with Gasteiger partial charge in [0.05, 0.1) is 17.3 Å². The minimum absolute atomic E-state index is 0.432. The molecule has 0 aliphatic rings. The maximum atomic E-state index is 8.90. The second-order valence-corrected chi connectivity index (χ2v) is 3.51. The number of nitriles is 1. The Labute approximate surface area is 93.8 Å². The number of para-hydroxylation sites is 1. The molecule has 0 saturated carbocycles. The molecule has 0 atom stereocenters. The maximum absolute atomic E-state index is 8.90. The zero-order valence-electron chi connectivity index (χ0n) is 9.03. The summed E-state index contributed by atoms with van der Waals surface area (Å²) in [4.78, 5) is 0. The summed E-state index contributed by atoms with van der Waals surface area (Å²) >= 11 is 0. The highest BCUT2D eigenvalue weighted by Crippen LogP contribution is 2.24. The van der Waals surface area contributed by atoms with Gasteiger partial charge in [-0.15, -0.1) is 0 Å². The molecular formula is C13H12N2O. The Balaban J connectivity index is 2.57. The molecule has 0 bridgehead atoms. The summed E-state index contributed by atoms with van der Waals surface area (Å²) in [7, 11) is 0. The van der Waals surface area contributed by atoms with Crippen LogP contribution in [0.5, 0.6) is 0 Å². The molecule has 0 radical (unpaired) electrons. The molecule has 0 unspecified atom stereocenters. The van der Waals surface area contributed by atoms with Gasteiger partial charge in [-0.3, -0.25) is 0 Å². The molecular weight excluding hydrogens is 200 g/mol. The van der Waals surface area contributed by atoms with Crippen LogP contribution in [0.25, 0.3) is 16.7 Å². The lowest BCUT2D eigenvalue weighted by Gasteiger charge is -1.98. The van der Waals surface area contributed by atoms with Gasteiger partial charge in [0.1, 0.15) is 5.58 Å². The van der Waals surface area contributed by atoms with Gasteiger partial charge in [0.2, 0.25) is 0 Å². The fraction of sp³-hybridized carbons (Fsp3) is 0.154. The summed E-state index contributed by atoms with van der Waals surface area (Å²) in [5.41, 5.74) is 7.66. The van der Waals surface area contributed by atoms with Crippen LogP contribution in [0.3, 0.4) is 0 Å². The molecule has 0 aliphatic heterocycles. The number of rotatable bonds is 2. The zero-order chi connectivity index (χ0) is 11.5.